The number of nitrogens with two attached hydrogens (primary N) is 1. The molecule has 0 heterocycles. The average Bonchev–Trinajstić information content (AvgIpc) is 2.42. The summed E-state index contributed by atoms with van der Waals surface area (Å²) in [5.74, 6) is -0.183. The number of hydrogen-bond acceptors (Lipinski definition) is 3. The van der Waals surface area contributed by atoms with Crippen molar-refractivity contribution in [2.24, 2.45) is 10.9 Å². The van der Waals surface area contributed by atoms with Crippen molar-refractivity contribution >= 4 is 5.84 Å². The molecule has 0 atom stereocenters. The van der Waals surface area contributed by atoms with Gasteiger partial charge in [-0.25, -0.2) is 4.39 Å². The highest BCUT2D eigenvalue weighted by Crippen LogP contribution is 2.28. The topological polar surface area (TPSA) is 67.8 Å². The first-order valence-electron chi connectivity index (χ1n) is 6.04. The molecule has 0 aliphatic rings. The summed E-state index contributed by atoms with van der Waals surface area (Å²) in [7, 11) is 0. The van der Waals surface area contributed by atoms with E-state index in [1.54, 1.807) is 12.1 Å². The van der Waals surface area contributed by atoms with Crippen molar-refractivity contribution in [3.05, 3.63) is 58.9 Å². The molecule has 0 aliphatic heterocycles. The van der Waals surface area contributed by atoms with E-state index in [2.05, 4.69) is 5.16 Å². The number of amidine groups is 1. The van der Waals surface area contributed by atoms with Crippen molar-refractivity contribution in [3.63, 3.8) is 0 Å². The van der Waals surface area contributed by atoms with Gasteiger partial charge in [-0.3, -0.25) is 0 Å². The van der Waals surface area contributed by atoms with Crippen molar-refractivity contribution in [3.8, 4) is 11.5 Å². The zero-order chi connectivity index (χ0) is 14.7. The van der Waals surface area contributed by atoms with Crippen LogP contribution in [0.5, 0.6) is 11.5 Å². The Bertz CT molecular complexity index is 669. The number of rotatable bonds is 3. The molecule has 0 unspecified atom stereocenters. The maximum absolute atomic E-state index is 13.8. The van der Waals surface area contributed by atoms with Gasteiger partial charge in [-0.1, -0.05) is 17.3 Å². The lowest BCUT2D eigenvalue weighted by Gasteiger charge is -2.12. The molecule has 0 fully saturated rings. The molecule has 0 radical (unpaired) electrons. The Labute approximate surface area is 116 Å². The highest BCUT2D eigenvalue weighted by atomic mass is 19.1. The van der Waals surface area contributed by atoms with Crippen LogP contribution in [0.15, 0.2) is 41.6 Å². The fourth-order valence-corrected chi connectivity index (χ4v) is 1.79. The molecule has 4 nitrogen and oxygen atoms in total. The highest BCUT2D eigenvalue weighted by molar-refractivity contribution is 5.99. The first kappa shape index (κ1) is 13.9. The molecule has 5 heteroatoms. The van der Waals surface area contributed by atoms with Crippen LogP contribution in [0.2, 0.25) is 0 Å². The van der Waals surface area contributed by atoms with Gasteiger partial charge in [-0.2, -0.15) is 0 Å². The smallest absolute Gasteiger partial charge is 0.176 e. The molecule has 0 saturated carbocycles. The van der Waals surface area contributed by atoms with Crippen LogP contribution in [0.4, 0.5) is 4.39 Å². The van der Waals surface area contributed by atoms with Gasteiger partial charge >= 0.3 is 0 Å². The monoisotopic (exact) mass is 274 g/mol. The summed E-state index contributed by atoms with van der Waals surface area (Å²) < 4.78 is 19.4. The van der Waals surface area contributed by atoms with E-state index in [0.717, 1.165) is 11.1 Å². The third kappa shape index (κ3) is 2.71. The molecule has 2 aromatic rings. The second kappa shape index (κ2) is 5.61. The van der Waals surface area contributed by atoms with Crippen LogP contribution >= 0.6 is 0 Å². The second-order valence-electron chi connectivity index (χ2n) is 4.45. The minimum absolute atomic E-state index is 0.0618. The number of nitrogens with zero attached hydrogens (tertiary/aromatic N) is 1. The van der Waals surface area contributed by atoms with Crippen LogP contribution in [0.1, 0.15) is 16.7 Å². The van der Waals surface area contributed by atoms with Gasteiger partial charge in [0.05, 0.1) is 5.56 Å². The zero-order valence-corrected chi connectivity index (χ0v) is 11.2. The molecule has 0 bridgehead atoms. The molecular formula is C15H15FN2O2. The lowest BCUT2D eigenvalue weighted by molar-refractivity contribution is 0.318. The van der Waals surface area contributed by atoms with Crippen molar-refractivity contribution in [1.82, 2.24) is 0 Å². The fourth-order valence-electron chi connectivity index (χ4n) is 1.79. The van der Waals surface area contributed by atoms with E-state index in [9.17, 15) is 4.39 Å². The van der Waals surface area contributed by atoms with Crippen LogP contribution < -0.4 is 10.5 Å². The summed E-state index contributed by atoms with van der Waals surface area (Å²) in [4.78, 5) is 0. The highest BCUT2D eigenvalue weighted by Gasteiger charge is 2.15. The van der Waals surface area contributed by atoms with E-state index in [4.69, 9.17) is 15.7 Å². The number of aryl methyl sites for hydroxylation is 2. The number of ether oxygens (including phenoxy) is 1. The number of hydrogen-bond donors (Lipinski definition) is 2. The second-order valence-corrected chi connectivity index (χ2v) is 4.45. The van der Waals surface area contributed by atoms with Crippen LogP contribution in [0.25, 0.3) is 0 Å². The third-order valence-electron chi connectivity index (χ3n) is 3.05. The van der Waals surface area contributed by atoms with Gasteiger partial charge in [-0.05, 0) is 49.2 Å². The van der Waals surface area contributed by atoms with E-state index in [-0.39, 0.29) is 17.1 Å². The Morgan fingerprint density at radius 2 is 1.95 bits per heavy atom. The van der Waals surface area contributed by atoms with E-state index in [1.165, 1.54) is 12.1 Å². The Hall–Kier alpha value is -2.56. The molecular weight excluding hydrogens is 259 g/mol. The maximum atomic E-state index is 13.8. The molecule has 20 heavy (non-hydrogen) atoms. The first-order chi connectivity index (χ1) is 9.52. The molecule has 0 amide bonds. The summed E-state index contributed by atoms with van der Waals surface area (Å²) in [6.45, 7) is 3.95. The molecule has 2 rings (SSSR count). The normalized spacial score (nSPS) is 11.4. The summed E-state index contributed by atoms with van der Waals surface area (Å²) in [6, 6.07) is 9.82. The first-order valence-corrected chi connectivity index (χ1v) is 6.04. The summed E-state index contributed by atoms with van der Waals surface area (Å²) >= 11 is 0. The van der Waals surface area contributed by atoms with Crippen molar-refractivity contribution < 1.29 is 14.3 Å². The fraction of sp³-hybridized carbons (Fsp3) is 0.133. The van der Waals surface area contributed by atoms with Gasteiger partial charge in [0.15, 0.2) is 5.84 Å². The molecule has 0 aromatic heterocycles. The standard InChI is InChI=1S/C15H15FN2O2/c1-9-6-7-11(8-10(9)2)20-13-5-3-4-12(16)14(13)15(17)18-19/h3-8,19H,1-2H3,(H2,17,18). The molecule has 0 saturated heterocycles. The Morgan fingerprint density at radius 1 is 1.20 bits per heavy atom. The lowest BCUT2D eigenvalue weighted by atomic mass is 10.1. The number of halogens is 1. The van der Waals surface area contributed by atoms with Crippen LogP contribution in [0, 0.1) is 19.7 Å². The van der Waals surface area contributed by atoms with Gasteiger partial charge in [0.1, 0.15) is 17.3 Å². The Kier molecular flexibility index (Phi) is 3.89. The van der Waals surface area contributed by atoms with Gasteiger partial charge in [0, 0.05) is 0 Å². The summed E-state index contributed by atoms with van der Waals surface area (Å²) in [5, 5.41) is 11.6. The molecule has 0 spiro atoms. The largest absolute Gasteiger partial charge is 0.456 e. The van der Waals surface area contributed by atoms with Gasteiger partial charge in [-0.15, -0.1) is 0 Å². The van der Waals surface area contributed by atoms with Crippen molar-refractivity contribution in [1.29, 1.82) is 0 Å². The summed E-state index contributed by atoms with van der Waals surface area (Å²) in [5.41, 5.74) is 7.61. The predicted molar refractivity (Wildman–Crippen MR) is 74.9 cm³/mol. The lowest BCUT2D eigenvalue weighted by Crippen LogP contribution is -2.16. The van der Waals surface area contributed by atoms with Crippen LogP contribution in [0.3, 0.4) is 0 Å². The molecule has 2 aromatic carbocycles. The van der Waals surface area contributed by atoms with Gasteiger partial charge < -0.3 is 15.7 Å². The minimum atomic E-state index is -0.610. The maximum Gasteiger partial charge on any atom is 0.176 e. The van der Waals surface area contributed by atoms with Crippen LogP contribution in [-0.4, -0.2) is 11.0 Å². The molecule has 0 aliphatic carbocycles. The Morgan fingerprint density at radius 3 is 2.60 bits per heavy atom. The number of oxime groups is 1. The van der Waals surface area contributed by atoms with Crippen molar-refractivity contribution in [2.75, 3.05) is 0 Å². The quantitative estimate of drug-likeness (QED) is 0.390. The molecule has 3 N–H and O–H groups in total. The van der Waals surface area contributed by atoms with Gasteiger partial charge in [0.25, 0.3) is 0 Å². The van der Waals surface area contributed by atoms with Gasteiger partial charge in [0.2, 0.25) is 0 Å². The number of benzene rings is 2. The Balaban J connectivity index is 2.43. The molecule has 104 valence electrons. The average molecular weight is 274 g/mol. The van der Waals surface area contributed by atoms with E-state index in [1.807, 2.05) is 26.0 Å². The zero-order valence-electron chi connectivity index (χ0n) is 11.2. The summed E-state index contributed by atoms with van der Waals surface area (Å²) in [6.07, 6.45) is 0. The third-order valence-corrected chi connectivity index (χ3v) is 3.05. The SMILES string of the molecule is Cc1ccc(Oc2cccc(F)c2C(N)=NO)cc1C. The van der Waals surface area contributed by atoms with E-state index < -0.39 is 5.82 Å². The predicted octanol–water partition coefficient (Wildman–Crippen LogP) is 3.33. The van der Waals surface area contributed by atoms with Crippen LogP contribution in [-0.2, 0) is 0 Å². The minimum Gasteiger partial charge on any atom is -0.456 e. The van der Waals surface area contributed by atoms with E-state index in [0.29, 0.717) is 5.75 Å². The van der Waals surface area contributed by atoms with E-state index >= 15 is 0 Å². The van der Waals surface area contributed by atoms with Crippen molar-refractivity contribution in [2.45, 2.75) is 13.8 Å².